The van der Waals surface area contributed by atoms with Crippen molar-refractivity contribution in [2.75, 3.05) is 18.5 Å². The smallest absolute Gasteiger partial charge is 0.246 e. The van der Waals surface area contributed by atoms with E-state index in [1.807, 2.05) is 62.4 Å². The SMILES string of the molecule is CCOc1ccc(-c2noc(CNC(=S)Nc3ccccc3OCC)n2)cc1. The number of aromatic nitrogens is 2. The van der Waals surface area contributed by atoms with Crippen LogP contribution in [0.3, 0.4) is 0 Å². The van der Waals surface area contributed by atoms with E-state index >= 15 is 0 Å². The number of hydrogen-bond acceptors (Lipinski definition) is 6. The van der Waals surface area contributed by atoms with Gasteiger partial charge in [-0.15, -0.1) is 0 Å². The molecule has 7 nitrogen and oxygen atoms in total. The topological polar surface area (TPSA) is 81.4 Å². The molecule has 2 aromatic carbocycles. The van der Waals surface area contributed by atoms with Gasteiger partial charge >= 0.3 is 0 Å². The minimum atomic E-state index is 0.312. The van der Waals surface area contributed by atoms with Crippen LogP contribution >= 0.6 is 12.2 Å². The summed E-state index contributed by atoms with van der Waals surface area (Å²) in [5.74, 6) is 2.50. The molecule has 2 N–H and O–H groups in total. The molecular weight excluding hydrogens is 376 g/mol. The van der Waals surface area contributed by atoms with Crippen molar-refractivity contribution in [2.24, 2.45) is 0 Å². The van der Waals surface area contributed by atoms with Gasteiger partial charge in [0.1, 0.15) is 11.5 Å². The van der Waals surface area contributed by atoms with Gasteiger partial charge in [0.05, 0.1) is 25.4 Å². The van der Waals surface area contributed by atoms with E-state index in [0.29, 0.717) is 36.6 Å². The molecule has 0 aliphatic heterocycles. The number of benzene rings is 2. The van der Waals surface area contributed by atoms with Crippen LogP contribution in [-0.4, -0.2) is 28.5 Å². The lowest BCUT2D eigenvalue weighted by atomic mass is 10.2. The molecule has 0 fully saturated rings. The molecule has 0 unspecified atom stereocenters. The summed E-state index contributed by atoms with van der Waals surface area (Å²) in [7, 11) is 0. The van der Waals surface area contributed by atoms with Crippen LogP contribution in [0.25, 0.3) is 11.4 Å². The minimum absolute atomic E-state index is 0.312. The van der Waals surface area contributed by atoms with E-state index < -0.39 is 0 Å². The van der Waals surface area contributed by atoms with Gasteiger partial charge in [-0.3, -0.25) is 0 Å². The Morgan fingerprint density at radius 2 is 1.79 bits per heavy atom. The Hall–Kier alpha value is -3.13. The Labute approximate surface area is 169 Å². The molecule has 0 aliphatic carbocycles. The van der Waals surface area contributed by atoms with Crippen molar-refractivity contribution in [3.8, 4) is 22.9 Å². The molecule has 8 heteroatoms. The zero-order valence-corrected chi connectivity index (χ0v) is 16.6. The van der Waals surface area contributed by atoms with E-state index in [2.05, 4.69) is 20.8 Å². The minimum Gasteiger partial charge on any atom is -0.494 e. The molecule has 3 rings (SSSR count). The molecule has 1 aromatic heterocycles. The standard InChI is InChI=1S/C20H22N4O3S/c1-3-25-15-11-9-14(10-12-15)19-23-18(27-24-19)13-21-20(28)22-16-7-5-6-8-17(16)26-4-2/h5-12H,3-4,13H2,1-2H3,(H2,21,22,28). The van der Waals surface area contributed by atoms with Gasteiger partial charge in [0, 0.05) is 5.56 Å². The highest BCUT2D eigenvalue weighted by atomic mass is 32.1. The van der Waals surface area contributed by atoms with Crippen molar-refractivity contribution in [3.63, 3.8) is 0 Å². The third-order valence-corrected chi connectivity index (χ3v) is 3.97. The number of nitrogens with one attached hydrogen (secondary N) is 2. The summed E-state index contributed by atoms with van der Waals surface area (Å²) in [6.45, 7) is 5.40. The molecule has 28 heavy (non-hydrogen) atoms. The Kier molecular flexibility index (Phi) is 6.80. The van der Waals surface area contributed by atoms with Crippen LogP contribution in [0.1, 0.15) is 19.7 Å². The Balaban J connectivity index is 1.56. The zero-order chi connectivity index (χ0) is 19.8. The fraction of sp³-hybridized carbons (Fsp3) is 0.250. The van der Waals surface area contributed by atoms with Gasteiger partial charge in [-0.1, -0.05) is 17.3 Å². The lowest BCUT2D eigenvalue weighted by molar-refractivity contribution is 0.340. The highest BCUT2D eigenvalue weighted by Crippen LogP contribution is 2.23. The van der Waals surface area contributed by atoms with E-state index in [1.165, 1.54) is 0 Å². The molecule has 0 saturated carbocycles. The van der Waals surface area contributed by atoms with Crippen LogP contribution in [-0.2, 0) is 6.54 Å². The summed E-state index contributed by atoms with van der Waals surface area (Å²) in [4.78, 5) is 4.39. The van der Waals surface area contributed by atoms with Crippen molar-refractivity contribution in [2.45, 2.75) is 20.4 Å². The third kappa shape index (κ3) is 5.20. The molecule has 0 radical (unpaired) electrons. The molecule has 0 amide bonds. The molecule has 0 aliphatic rings. The van der Waals surface area contributed by atoms with Gasteiger partial charge in [0.2, 0.25) is 11.7 Å². The van der Waals surface area contributed by atoms with E-state index in [-0.39, 0.29) is 0 Å². The molecule has 146 valence electrons. The second-order valence-corrected chi connectivity index (χ2v) is 6.11. The fourth-order valence-corrected chi connectivity index (χ4v) is 2.67. The van der Waals surface area contributed by atoms with Crippen LogP contribution in [0.15, 0.2) is 53.1 Å². The highest BCUT2D eigenvalue weighted by molar-refractivity contribution is 7.80. The number of hydrogen-bond donors (Lipinski definition) is 2. The predicted molar refractivity (Wildman–Crippen MR) is 112 cm³/mol. The van der Waals surface area contributed by atoms with E-state index in [1.54, 1.807) is 0 Å². The maximum absolute atomic E-state index is 5.58. The maximum atomic E-state index is 5.58. The van der Waals surface area contributed by atoms with Gasteiger partial charge in [-0.2, -0.15) is 4.98 Å². The van der Waals surface area contributed by atoms with Crippen LogP contribution < -0.4 is 20.1 Å². The lowest BCUT2D eigenvalue weighted by Crippen LogP contribution is -2.28. The van der Waals surface area contributed by atoms with Crippen molar-refractivity contribution < 1.29 is 14.0 Å². The van der Waals surface area contributed by atoms with Crippen LogP contribution in [0, 0.1) is 0 Å². The van der Waals surface area contributed by atoms with Gasteiger partial charge in [0.25, 0.3) is 0 Å². The summed E-state index contributed by atoms with van der Waals surface area (Å²) < 4.78 is 16.3. The van der Waals surface area contributed by atoms with Gasteiger partial charge in [-0.05, 0) is 62.5 Å². The summed E-state index contributed by atoms with van der Waals surface area (Å²) in [5.41, 5.74) is 1.65. The summed E-state index contributed by atoms with van der Waals surface area (Å²) >= 11 is 5.34. The molecule has 0 bridgehead atoms. The number of para-hydroxylation sites is 2. The Morgan fingerprint density at radius 1 is 1.04 bits per heavy atom. The second-order valence-electron chi connectivity index (χ2n) is 5.71. The number of anilines is 1. The lowest BCUT2D eigenvalue weighted by Gasteiger charge is -2.13. The summed E-state index contributed by atoms with van der Waals surface area (Å²) in [6.07, 6.45) is 0. The fourth-order valence-electron chi connectivity index (χ4n) is 2.48. The first-order valence-electron chi connectivity index (χ1n) is 9.02. The Bertz CT molecular complexity index is 912. The van der Waals surface area contributed by atoms with Crippen molar-refractivity contribution >= 4 is 23.0 Å². The quantitative estimate of drug-likeness (QED) is 0.551. The normalized spacial score (nSPS) is 10.4. The van der Waals surface area contributed by atoms with Gasteiger partial charge < -0.3 is 24.6 Å². The molecule has 0 saturated heterocycles. The van der Waals surface area contributed by atoms with Crippen LogP contribution in [0.2, 0.25) is 0 Å². The first-order chi connectivity index (χ1) is 13.7. The van der Waals surface area contributed by atoms with Crippen molar-refractivity contribution in [1.29, 1.82) is 0 Å². The first kappa shape index (κ1) is 19.6. The van der Waals surface area contributed by atoms with Gasteiger partial charge in [-0.25, -0.2) is 0 Å². The average molecular weight is 398 g/mol. The Morgan fingerprint density at radius 3 is 2.54 bits per heavy atom. The highest BCUT2D eigenvalue weighted by Gasteiger charge is 2.10. The van der Waals surface area contributed by atoms with Gasteiger partial charge in [0.15, 0.2) is 5.11 Å². The number of rotatable bonds is 8. The molecule has 3 aromatic rings. The molecule has 1 heterocycles. The zero-order valence-electron chi connectivity index (χ0n) is 15.8. The monoisotopic (exact) mass is 398 g/mol. The number of thiocarbonyl (C=S) groups is 1. The third-order valence-electron chi connectivity index (χ3n) is 3.73. The van der Waals surface area contributed by atoms with E-state index in [4.69, 9.17) is 26.2 Å². The average Bonchev–Trinajstić information content (AvgIpc) is 3.18. The largest absolute Gasteiger partial charge is 0.494 e. The van der Waals surface area contributed by atoms with E-state index in [9.17, 15) is 0 Å². The predicted octanol–water partition coefficient (Wildman–Crippen LogP) is 4.02. The van der Waals surface area contributed by atoms with Crippen molar-refractivity contribution in [1.82, 2.24) is 15.5 Å². The molecular formula is C20H22N4O3S. The van der Waals surface area contributed by atoms with E-state index in [0.717, 1.165) is 22.7 Å². The van der Waals surface area contributed by atoms with Crippen LogP contribution in [0.5, 0.6) is 11.5 Å². The first-order valence-corrected chi connectivity index (χ1v) is 9.43. The van der Waals surface area contributed by atoms with Crippen LogP contribution in [0.4, 0.5) is 5.69 Å². The van der Waals surface area contributed by atoms with Crippen molar-refractivity contribution in [3.05, 3.63) is 54.4 Å². The second kappa shape index (κ2) is 9.70. The number of ether oxygens (including phenoxy) is 2. The molecule has 0 atom stereocenters. The summed E-state index contributed by atoms with van der Waals surface area (Å²) in [5, 5.41) is 10.6. The number of nitrogens with zero attached hydrogens (tertiary/aromatic N) is 2. The maximum Gasteiger partial charge on any atom is 0.246 e. The summed E-state index contributed by atoms with van der Waals surface area (Å²) in [6, 6.07) is 15.1. The molecule has 0 spiro atoms.